The number of benzene rings is 2. The second kappa shape index (κ2) is 6.88. The van der Waals surface area contributed by atoms with Crippen LogP contribution < -0.4 is 5.32 Å². The second-order valence-corrected chi connectivity index (χ2v) is 7.24. The summed E-state index contributed by atoms with van der Waals surface area (Å²) in [6.45, 7) is 0.227. The number of nitrogens with zero attached hydrogens (tertiary/aromatic N) is 1. The van der Waals surface area contributed by atoms with Crippen LogP contribution in [0.15, 0.2) is 54.6 Å². The van der Waals surface area contributed by atoms with E-state index >= 15 is 0 Å². The lowest BCUT2D eigenvalue weighted by Crippen LogP contribution is -2.41. The van der Waals surface area contributed by atoms with Gasteiger partial charge in [0.15, 0.2) is 5.60 Å². The van der Waals surface area contributed by atoms with Crippen molar-refractivity contribution in [3.05, 3.63) is 71.3 Å². The van der Waals surface area contributed by atoms with E-state index in [2.05, 4.69) is 11.4 Å². The Morgan fingerprint density at radius 3 is 2.74 bits per heavy atom. The Balaban J connectivity index is 1.46. The average Bonchev–Trinajstić information content (AvgIpc) is 3.43. The van der Waals surface area contributed by atoms with E-state index in [9.17, 15) is 9.59 Å². The number of esters is 1. The molecule has 1 heterocycles. The van der Waals surface area contributed by atoms with Gasteiger partial charge in [0.2, 0.25) is 5.91 Å². The number of hydrogen-bond donors (Lipinski definition) is 1. The molecule has 136 valence electrons. The van der Waals surface area contributed by atoms with Crippen LogP contribution in [0.4, 0.5) is 0 Å². The molecule has 5 heteroatoms. The summed E-state index contributed by atoms with van der Waals surface area (Å²) in [5.74, 6) is -0.0648. The van der Waals surface area contributed by atoms with Crippen LogP contribution in [0.1, 0.15) is 41.9 Å². The zero-order valence-electron chi connectivity index (χ0n) is 14.9. The van der Waals surface area contributed by atoms with E-state index in [1.165, 1.54) is 5.56 Å². The van der Waals surface area contributed by atoms with Gasteiger partial charge in [-0.25, -0.2) is 0 Å². The molecule has 1 N–H and O–H groups in total. The Kier molecular flexibility index (Phi) is 4.41. The molecule has 0 bridgehead atoms. The molecule has 2 fully saturated rings. The van der Waals surface area contributed by atoms with Gasteiger partial charge in [-0.15, -0.1) is 0 Å². The first-order chi connectivity index (χ1) is 13.1. The van der Waals surface area contributed by atoms with Crippen molar-refractivity contribution in [2.75, 3.05) is 6.54 Å². The average molecular weight is 360 g/mol. The van der Waals surface area contributed by atoms with Gasteiger partial charge in [0, 0.05) is 18.8 Å². The third-order valence-electron chi connectivity index (χ3n) is 5.46. The third kappa shape index (κ3) is 3.43. The van der Waals surface area contributed by atoms with Gasteiger partial charge in [-0.1, -0.05) is 42.5 Å². The summed E-state index contributed by atoms with van der Waals surface area (Å²) >= 11 is 0. The zero-order valence-corrected chi connectivity index (χ0v) is 14.9. The number of nitriles is 1. The molecule has 27 heavy (non-hydrogen) atoms. The highest BCUT2D eigenvalue weighted by molar-refractivity contribution is 5.83. The Bertz CT molecular complexity index is 919. The lowest BCUT2D eigenvalue weighted by atomic mass is 9.89. The zero-order chi connectivity index (χ0) is 18.9. The number of nitrogens with one attached hydrogen (secondary N) is 1. The maximum atomic E-state index is 12.6. The predicted octanol–water partition coefficient (Wildman–Crippen LogP) is 3.01. The minimum atomic E-state index is -0.892. The van der Waals surface area contributed by atoms with Crippen molar-refractivity contribution in [2.24, 2.45) is 5.92 Å². The molecule has 1 unspecified atom stereocenters. The Morgan fingerprint density at radius 2 is 2.04 bits per heavy atom. The van der Waals surface area contributed by atoms with E-state index in [-0.39, 0.29) is 30.3 Å². The van der Waals surface area contributed by atoms with Gasteiger partial charge in [0.05, 0.1) is 18.2 Å². The molecule has 0 radical (unpaired) electrons. The quantitative estimate of drug-likeness (QED) is 0.832. The van der Waals surface area contributed by atoms with Gasteiger partial charge in [0.25, 0.3) is 0 Å². The standard InChI is InChI=1S/C22H20N2O3/c23-13-15-5-4-8-17(11-15)22(10-9-20(25)27-22)14-24-21(26)19-12-18(19)16-6-2-1-3-7-16/h1-8,11,18-19H,9-10,12,14H2,(H,24,26)/t18-,19+,22?/m1/s1. The minimum absolute atomic E-state index is 0.0115. The Hall–Kier alpha value is -3.13. The molecule has 0 spiro atoms. The summed E-state index contributed by atoms with van der Waals surface area (Å²) in [4.78, 5) is 24.4. The first-order valence-electron chi connectivity index (χ1n) is 9.16. The highest BCUT2D eigenvalue weighted by Crippen LogP contribution is 2.47. The van der Waals surface area contributed by atoms with Crippen LogP contribution in [0.3, 0.4) is 0 Å². The van der Waals surface area contributed by atoms with E-state index in [1.54, 1.807) is 18.2 Å². The number of carbonyl (C=O) groups is 2. The van der Waals surface area contributed by atoms with Crippen molar-refractivity contribution in [1.82, 2.24) is 5.32 Å². The van der Waals surface area contributed by atoms with Crippen LogP contribution in [0, 0.1) is 17.2 Å². The molecule has 5 nitrogen and oxygen atoms in total. The van der Waals surface area contributed by atoms with Gasteiger partial charge in [-0.2, -0.15) is 5.26 Å². The normalized spacial score (nSPS) is 26.1. The van der Waals surface area contributed by atoms with Gasteiger partial charge in [-0.3, -0.25) is 9.59 Å². The van der Waals surface area contributed by atoms with Crippen LogP contribution in [0.5, 0.6) is 0 Å². The van der Waals surface area contributed by atoms with Gasteiger partial charge < -0.3 is 10.1 Å². The molecule has 4 rings (SSSR count). The van der Waals surface area contributed by atoms with Crippen LogP contribution in [-0.2, 0) is 19.9 Å². The van der Waals surface area contributed by atoms with Crippen LogP contribution in [-0.4, -0.2) is 18.4 Å². The topological polar surface area (TPSA) is 79.2 Å². The number of ether oxygens (including phenoxy) is 1. The summed E-state index contributed by atoms with van der Waals surface area (Å²) < 4.78 is 5.63. The van der Waals surface area contributed by atoms with E-state index in [0.29, 0.717) is 18.4 Å². The van der Waals surface area contributed by atoms with Crippen molar-refractivity contribution in [3.8, 4) is 6.07 Å². The lowest BCUT2D eigenvalue weighted by molar-refractivity contribution is -0.149. The molecule has 1 saturated heterocycles. The third-order valence-corrected chi connectivity index (χ3v) is 5.46. The lowest BCUT2D eigenvalue weighted by Gasteiger charge is -2.28. The number of hydrogen-bond acceptors (Lipinski definition) is 4. The number of rotatable bonds is 5. The summed E-state index contributed by atoms with van der Waals surface area (Å²) in [5, 5.41) is 12.1. The van der Waals surface area contributed by atoms with Gasteiger partial charge in [-0.05, 0) is 35.6 Å². The number of amides is 1. The molecular formula is C22H20N2O3. The molecule has 2 aliphatic rings. The van der Waals surface area contributed by atoms with Crippen LogP contribution in [0.25, 0.3) is 0 Å². The minimum Gasteiger partial charge on any atom is -0.452 e. The SMILES string of the molecule is N#Cc1cccc(C2(CNC(=O)[C@H]3C[C@@H]3c3ccccc3)CCC(=O)O2)c1. The highest BCUT2D eigenvalue weighted by Gasteiger charge is 2.46. The molecule has 1 amide bonds. The molecule has 1 aliphatic heterocycles. The fourth-order valence-corrected chi connectivity index (χ4v) is 3.84. The maximum Gasteiger partial charge on any atom is 0.306 e. The molecule has 2 aromatic rings. The number of cyclic esters (lactones) is 1. The largest absolute Gasteiger partial charge is 0.452 e. The molecule has 1 aliphatic carbocycles. The van der Waals surface area contributed by atoms with E-state index < -0.39 is 5.60 Å². The van der Waals surface area contributed by atoms with Crippen molar-refractivity contribution < 1.29 is 14.3 Å². The Labute approximate surface area is 158 Å². The summed E-state index contributed by atoms with van der Waals surface area (Å²) in [5.41, 5.74) is 1.55. The molecule has 3 atom stereocenters. The fourth-order valence-electron chi connectivity index (χ4n) is 3.84. The first kappa shape index (κ1) is 17.3. The van der Waals surface area contributed by atoms with Crippen LogP contribution in [0.2, 0.25) is 0 Å². The molecule has 1 saturated carbocycles. The van der Waals surface area contributed by atoms with Crippen molar-refractivity contribution in [1.29, 1.82) is 5.26 Å². The predicted molar refractivity (Wildman–Crippen MR) is 98.5 cm³/mol. The first-order valence-corrected chi connectivity index (χ1v) is 9.16. The van der Waals surface area contributed by atoms with E-state index in [4.69, 9.17) is 10.00 Å². The van der Waals surface area contributed by atoms with Crippen molar-refractivity contribution in [3.63, 3.8) is 0 Å². The maximum absolute atomic E-state index is 12.6. The summed E-state index contributed by atoms with van der Waals surface area (Å²) in [6.07, 6.45) is 1.64. The summed E-state index contributed by atoms with van der Waals surface area (Å²) in [6, 6.07) is 19.2. The molecule has 0 aromatic heterocycles. The van der Waals surface area contributed by atoms with Crippen molar-refractivity contribution >= 4 is 11.9 Å². The van der Waals surface area contributed by atoms with Gasteiger partial charge >= 0.3 is 5.97 Å². The highest BCUT2D eigenvalue weighted by atomic mass is 16.6. The summed E-state index contributed by atoms with van der Waals surface area (Å²) in [7, 11) is 0. The molecule has 2 aromatic carbocycles. The Morgan fingerprint density at radius 1 is 1.22 bits per heavy atom. The van der Waals surface area contributed by atoms with Crippen LogP contribution >= 0.6 is 0 Å². The van der Waals surface area contributed by atoms with Gasteiger partial charge in [0.1, 0.15) is 0 Å². The number of carbonyl (C=O) groups excluding carboxylic acids is 2. The second-order valence-electron chi connectivity index (χ2n) is 7.24. The van der Waals surface area contributed by atoms with Crippen molar-refractivity contribution in [2.45, 2.75) is 30.8 Å². The smallest absolute Gasteiger partial charge is 0.306 e. The van der Waals surface area contributed by atoms with E-state index in [1.807, 2.05) is 36.4 Å². The monoisotopic (exact) mass is 360 g/mol. The fraction of sp³-hybridized carbons (Fsp3) is 0.318. The van der Waals surface area contributed by atoms with E-state index in [0.717, 1.165) is 12.0 Å². The molecular weight excluding hydrogens is 340 g/mol.